The van der Waals surface area contributed by atoms with Gasteiger partial charge >= 0.3 is 0 Å². The van der Waals surface area contributed by atoms with Crippen LogP contribution in [0.4, 0.5) is 4.39 Å². The zero-order valence-electron chi connectivity index (χ0n) is 13.5. The van der Waals surface area contributed by atoms with Crippen LogP contribution in [0.1, 0.15) is 21.5 Å². The molecular weight excluding hydrogens is 331 g/mol. The van der Waals surface area contributed by atoms with E-state index in [1.165, 1.54) is 18.2 Å². The molecule has 5 nitrogen and oxygen atoms in total. The molecule has 24 heavy (non-hydrogen) atoms. The zero-order chi connectivity index (χ0) is 17.7. The number of halogens is 1. The maximum absolute atomic E-state index is 13.5. The minimum absolute atomic E-state index is 0.00983. The summed E-state index contributed by atoms with van der Waals surface area (Å²) >= 11 is 0. The molecule has 0 saturated heterocycles. The highest BCUT2D eigenvalue weighted by molar-refractivity contribution is 7.89. The van der Waals surface area contributed by atoms with Crippen molar-refractivity contribution in [2.45, 2.75) is 18.7 Å². The first-order valence-corrected chi connectivity index (χ1v) is 8.89. The zero-order valence-corrected chi connectivity index (χ0v) is 14.3. The third-order valence-electron chi connectivity index (χ3n) is 3.45. The first-order chi connectivity index (χ1) is 11.3. The molecule has 2 rings (SSSR count). The van der Waals surface area contributed by atoms with E-state index in [9.17, 15) is 17.6 Å². The van der Waals surface area contributed by atoms with Gasteiger partial charge in [-0.15, -0.1) is 0 Å². The molecule has 0 saturated carbocycles. The molecule has 2 aromatic carbocycles. The van der Waals surface area contributed by atoms with Gasteiger partial charge in [0, 0.05) is 13.1 Å². The Hall–Kier alpha value is -2.25. The Bertz CT molecular complexity index is 851. The standard InChI is InChI=1S/C17H19FN2O3S/c1-12-7-8-13(2)16(11-12)24(22,23)20-10-9-19-17(21)14-5-3-4-6-15(14)18/h3-8,11,20H,9-10H2,1-2H3,(H,19,21). The van der Waals surface area contributed by atoms with E-state index in [0.717, 1.165) is 5.56 Å². The van der Waals surface area contributed by atoms with Crippen LogP contribution in [0.25, 0.3) is 0 Å². The van der Waals surface area contributed by atoms with Gasteiger partial charge in [0.15, 0.2) is 0 Å². The minimum Gasteiger partial charge on any atom is -0.351 e. The second kappa shape index (κ2) is 7.55. The number of carbonyl (C=O) groups is 1. The highest BCUT2D eigenvalue weighted by Gasteiger charge is 2.16. The molecule has 0 aliphatic carbocycles. The summed E-state index contributed by atoms with van der Waals surface area (Å²) in [7, 11) is -3.66. The molecule has 0 bridgehead atoms. The highest BCUT2D eigenvalue weighted by atomic mass is 32.2. The molecule has 0 unspecified atom stereocenters. The van der Waals surface area contributed by atoms with Crippen molar-refractivity contribution in [1.82, 2.24) is 10.0 Å². The Balaban J connectivity index is 1.93. The van der Waals surface area contributed by atoms with Crippen LogP contribution in [-0.4, -0.2) is 27.4 Å². The molecule has 1 amide bonds. The lowest BCUT2D eigenvalue weighted by Gasteiger charge is -2.11. The van der Waals surface area contributed by atoms with Gasteiger partial charge in [-0.05, 0) is 43.2 Å². The summed E-state index contributed by atoms with van der Waals surface area (Å²) in [6.45, 7) is 3.59. The average molecular weight is 350 g/mol. The van der Waals surface area contributed by atoms with E-state index in [2.05, 4.69) is 10.0 Å². The number of hydrogen-bond donors (Lipinski definition) is 2. The van der Waals surface area contributed by atoms with Crippen LogP contribution in [0.2, 0.25) is 0 Å². The normalized spacial score (nSPS) is 11.3. The van der Waals surface area contributed by atoms with Gasteiger partial charge in [-0.3, -0.25) is 4.79 Å². The van der Waals surface area contributed by atoms with Crippen molar-refractivity contribution in [2.75, 3.05) is 13.1 Å². The van der Waals surface area contributed by atoms with E-state index in [1.54, 1.807) is 25.1 Å². The first-order valence-electron chi connectivity index (χ1n) is 7.41. The van der Waals surface area contributed by atoms with Crippen molar-refractivity contribution >= 4 is 15.9 Å². The smallest absolute Gasteiger partial charge is 0.254 e. The minimum atomic E-state index is -3.66. The quantitative estimate of drug-likeness (QED) is 0.784. The molecule has 0 aliphatic rings. The number of nitrogens with one attached hydrogen (secondary N) is 2. The summed E-state index contributed by atoms with van der Waals surface area (Å²) in [4.78, 5) is 12.0. The van der Waals surface area contributed by atoms with E-state index < -0.39 is 21.7 Å². The van der Waals surface area contributed by atoms with E-state index in [-0.39, 0.29) is 23.5 Å². The molecule has 0 radical (unpaired) electrons. The second-order valence-corrected chi connectivity index (χ2v) is 7.14. The predicted octanol–water partition coefficient (Wildman–Crippen LogP) is 2.15. The number of carbonyl (C=O) groups excluding carboxylic acids is 1. The number of benzene rings is 2. The van der Waals surface area contributed by atoms with Gasteiger partial charge < -0.3 is 5.32 Å². The van der Waals surface area contributed by atoms with Crippen molar-refractivity contribution in [3.05, 3.63) is 65.0 Å². The fraction of sp³-hybridized carbons (Fsp3) is 0.235. The average Bonchev–Trinajstić information content (AvgIpc) is 2.54. The van der Waals surface area contributed by atoms with Crippen molar-refractivity contribution in [2.24, 2.45) is 0 Å². The van der Waals surface area contributed by atoms with Gasteiger partial charge in [-0.25, -0.2) is 17.5 Å². The number of sulfonamides is 1. The highest BCUT2D eigenvalue weighted by Crippen LogP contribution is 2.16. The topological polar surface area (TPSA) is 75.3 Å². The summed E-state index contributed by atoms with van der Waals surface area (Å²) in [6.07, 6.45) is 0. The van der Waals surface area contributed by atoms with E-state index in [0.29, 0.717) is 5.56 Å². The fourth-order valence-corrected chi connectivity index (χ4v) is 3.54. The third kappa shape index (κ3) is 4.39. The number of aryl methyl sites for hydroxylation is 2. The number of hydrogen-bond acceptors (Lipinski definition) is 3. The largest absolute Gasteiger partial charge is 0.351 e. The molecule has 128 valence electrons. The third-order valence-corrected chi connectivity index (χ3v) is 5.06. The molecular formula is C17H19FN2O3S. The van der Waals surface area contributed by atoms with Crippen LogP contribution in [-0.2, 0) is 10.0 Å². The van der Waals surface area contributed by atoms with E-state index >= 15 is 0 Å². The van der Waals surface area contributed by atoms with Gasteiger partial charge in [0.05, 0.1) is 10.5 Å². The summed E-state index contributed by atoms with van der Waals surface area (Å²) in [6, 6.07) is 10.8. The fourth-order valence-electron chi connectivity index (χ4n) is 2.18. The lowest BCUT2D eigenvalue weighted by atomic mass is 10.2. The molecule has 0 spiro atoms. The SMILES string of the molecule is Cc1ccc(C)c(S(=O)(=O)NCCNC(=O)c2ccccc2F)c1. The summed E-state index contributed by atoms with van der Waals surface area (Å²) in [5.41, 5.74) is 1.41. The molecule has 7 heteroatoms. The van der Waals surface area contributed by atoms with Crippen molar-refractivity contribution in [3.8, 4) is 0 Å². The van der Waals surface area contributed by atoms with Crippen molar-refractivity contribution < 1.29 is 17.6 Å². The molecule has 0 aliphatic heterocycles. The summed E-state index contributed by atoms with van der Waals surface area (Å²) < 4.78 is 40.5. The number of rotatable bonds is 6. The van der Waals surface area contributed by atoms with Gasteiger partial charge in [0.25, 0.3) is 5.91 Å². The molecule has 2 aromatic rings. The van der Waals surface area contributed by atoms with Gasteiger partial charge in [0.1, 0.15) is 5.82 Å². The van der Waals surface area contributed by atoms with Crippen LogP contribution in [0.5, 0.6) is 0 Å². The van der Waals surface area contributed by atoms with Gasteiger partial charge in [-0.2, -0.15) is 0 Å². The second-order valence-electron chi connectivity index (χ2n) is 5.40. The summed E-state index contributed by atoms with van der Waals surface area (Å²) in [5.74, 6) is -1.20. The van der Waals surface area contributed by atoms with E-state index in [4.69, 9.17) is 0 Å². The monoisotopic (exact) mass is 350 g/mol. The van der Waals surface area contributed by atoms with Crippen molar-refractivity contribution in [1.29, 1.82) is 0 Å². The predicted molar refractivity (Wildman–Crippen MR) is 89.8 cm³/mol. The molecule has 0 atom stereocenters. The Morgan fingerprint density at radius 3 is 2.50 bits per heavy atom. The maximum atomic E-state index is 13.5. The van der Waals surface area contributed by atoms with Gasteiger partial charge in [-0.1, -0.05) is 24.3 Å². The van der Waals surface area contributed by atoms with Gasteiger partial charge in [0.2, 0.25) is 10.0 Å². The Morgan fingerprint density at radius 1 is 1.08 bits per heavy atom. The van der Waals surface area contributed by atoms with Crippen LogP contribution in [0.15, 0.2) is 47.4 Å². The van der Waals surface area contributed by atoms with E-state index in [1.807, 2.05) is 13.0 Å². The maximum Gasteiger partial charge on any atom is 0.254 e. The lowest BCUT2D eigenvalue weighted by Crippen LogP contribution is -2.35. The first kappa shape index (κ1) is 18.1. The Kier molecular flexibility index (Phi) is 5.69. The summed E-state index contributed by atoms with van der Waals surface area (Å²) in [5, 5.41) is 2.48. The molecule has 2 N–H and O–H groups in total. The lowest BCUT2D eigenvalue weighted by molar-refractivity contribution is 0.0950. The molecule has 0 heterocycles. The van der Waals surface area contributed by atoms with Crippen molar-refractivity contribution in [3.63, 3.8) is 0 Å². The molecule has 0 fully saturated rings. The van der Waals surface area contributed by atoms with Crippen LogP contribution in [0.3, 0.4) is 0 Å². The molecule has 0 aromatic heterocycles. The Morgan fingerprint density at radius 2 is 1.79 bits per heavy atom. The van der Waals surface area contributed by atoms with Crippen LogP contribution in [0, 0.1) is 19.7 Å². The van der Waals surface area contributed by atoms with Crippen LogP contribution < -0.4 is 10.0 Å². The number of amides is 1. The Labute approximate surface area is 141 Å². The van der Waals surface area contributed by atoms with Crippen LogP contribution >= 0.6 is 0 Å².